The maximum atomic E-state index is 6.15. The Morgan fingerprint density at radius 1 is 1.26 bits per heavy atom. The Labute approximate surface area is 129 Å². The van der Waals surface area contributed by atoms with Crippen molar-refractivity contribution in [1.82, 2.24) is 0 Å². The van der Waals surface area contributed by atoms with Crippen molar-refractivity contribution in [2.75, 3.05) is 11.9 Å². The van der Waals surface area contributed by atoms with Crippen molar-refractivity contribution in [1.29, 1.82) is 0 Å². The standard InChI is InChI=1S/C15H22BrClN2/c1-14(2)5-7-15(10-18,8-6-14)19-11-3-4-12(16)13(17)9-11/h3-4,9,19H,5-8,10,18H2,1-2H3. The molecule has 3 N–H and O–H groups in total. The van der Waals surface area contributed by atoms with E-state index in [1.807, 2.05) is 18.2 Å². The van der Waals surface area contributed by atoms with E-state index in [1.165, 1.54) is 12.8 Å². The molecule has 0 saturated heterocycles. The van der Waals surface area contributed by atoms with Crippen LogP contribution in [0.2, 0.25) is 5.02 Å². The largest absolute Gasteiger partial charge is 0.378 e. The summed E-state index contributed by atoms with van der Waals surface area (Å²) in [4.78, 5) is 0. The van der Waals surface area contributed by atoms with Crippen LogP contribution < -0.4 is 11.1 Å². The van der Waals surface area contributed by atoms with Gasteiger partial charge in [-0.25, -0.2) is 0 Å². The van der Waals surface area contributed by atoms with Crippen LogP contribution in [0.25, 0.3) is 0 Å². The number of halogens is 2. The Morgan fingerprint density at radius 3 is 2.42 bits per heavy atom. The minimum atomic E-state index is 0.0205. The van der Waals surface area contributed by atoms with Crippen LogP contribution in [-0.4, -0.2) is 12.1 Å². The number of anilines is 1. The number of rotatable bonds is 3. The minimum absolute atomic E-state index is 0.0205. The van der Waals surface area contributed by atoms with Crippen molar-refractivity contribution in [3.05, 3.63) is 27.7 Å². The van der Waals surface area contributed by atoms with Crippen molar-refractivity contribution < 1.29 is 0 Å². The molecule has 1 fully saturated rings. The second-order valence-electron chi connectivity index (χ2n) is 6.40. The van der Waals surface area contributed by atoms with Gasteiger partial charge < -0.3 is 11.1 Å². The second-order valence-corrected chi connectivity index (χ2v) is 7.66. The lowest BCUT2D eigenvalue weighted by molar-refractivity contribution is 0.182. The van der Waals surface area contributed by atoms with Crippen molar-refractivity contribution in [3.8, 4) is 0 Å². The molecule has 2 rings (SSSR count). The normalized spacial score (nSPS) is 21.1. The molecule has 0 aromatic heterocycles. The Balaban J connectivity index is 2.13. The predicted octanol–water partition coefficient (Wildman–Crippen LogP) is 4.81. The van der Waals surface area contributed by atoms with E-state index in [1.54, 1.807) is 0 Å². The molecule has 0 amide bonds. The smallest absolute Gasteiger partial charge is 0.0568 e. The van der Waals surface area contributed by atoms with Crippen LogP contribution in [0.3, 0.4) is 0 Å². The first kappa shape index (κ1) is 15.1. The topological polar surface area (TPSA) is 38.0 Å². The molecule has 1 aromatic rings. The lowest BCUT2D eigenvalue weighted by Crippen LogP contribution is -2.49. The fourth-order valence-electron chi connectivity index (χ4n) is 2.67. The Hall–Kier alpha value is -0.250. The van der Waals surface area contributed by atoms with Gasteiger partial charge in [-0.2, -0.15) is 0 Å². The first-order valence-corrected chi connectivity index (χ1v) is 7.96. The van der Waals surface area contributed by atoms with Crippen LogP contribution in [0, 0.1) is 5.41 Å². The summed E-state index contributed by atoms with van der Waals surface area (Å²) >= 11 is 9.56. The number of hydrogen-bond donors (Lipinski definition) is 2. The van der Waals surface area contributed by atoms with Crippen molar-refractivity contribution in [2.45, 2.75) is 45.1 Å². The van der Waals surface area contributed by atoms with Gasteiger partial charge in [0, 0.05) is 22.2 Å². The van der Waals surface area contributed by atoms with Gasteiger partial charge in [0.2, 0.25) is 0 Å². The second kappa shape index (κ2) is 5.63. The number of nitrogens with two attached hydrogens (primary N) is 1. The van der Waals surface area contributed by atoms with Crippen LogP contribution in [-0.2, 0) is 0 Å². The van der Waals surface area contributed by atoms with Crippen LogP contribution in [0.4, 0.5) is 5.69 Å². The molecule has 0 spiro atoms. The van der Waals surface area contributed by atoms with Crippen LogP contribution in [0.5, 0.6) is 0 Å². The summed E-state index contributed by atoms with van der Waals surface area (Å²) in [6.07, 6.45) is 4.65. The summed E-state index contributed by atoms with van der Waals surface area (Å²) < 4.78 is 0.922. The number of benzene rings is 1. The fourth-order valence-corrected chi connectivity index (χ4v) is 3.09. The molecule has 0 aliphatic heterocycles. The molecule has 1 aliphatic carbocycles. The average molecular weight is 346 g/mol. The summed E-state index contributed by atoms with van der Waals surface area (Å²) in [5, 5.41) is 4.35. The molecule has 1 aliphatic rings. The molecule has 0 unspecified atom stereocenters. The van der Waals surface area contributed by atoms with E-state index in [4.69, 9.17) is 17.3 Å². The Kier molecular flexibility index (Phi) is 4.49. The van der Waals surface area contributed by atoms with Crippen molar-refractivity contribution in [2.24, 2.45) is 11.1 Å². The Morgan fingerprint density at radius 2 is 1.89 bits per heavy atom. The average Bonchev–Trinajstić information content (AvgIpc) is 2.37. The third-order valence-corrected chi connectivity index (χ3v) is 5.51. The Bertz CT molecular complexity index is 449. The summed E-state index contributed by atoms with van der Waals surface area (Å²) in [5.74, 6) is 0. The van der Waals surface area contributed by atoms with E-state index in [0.29, 0.717) is 12.0 Å². The highest BCUT2D eigenvalue weighted by Gasteiger charge is 2.37. The van der Waals surface area contributed by atoms with Crippen LogP contribution in [0.1, 0.15) is 39.5 Å². The number of nitrogens with one attached hydrogen (secondary N) is 1. The summed E-state index contributed by atoms with van der Waals surface area (Å²) in [6.45, 7) is 5.34. The van der Waals surface area contributed by atoms with Gasteiger partial charge in [-0.3, -0.25) is 0 Å². The lowest BCUT2D eigenvalue weighted by atomic mass is 9.69. The van der Waals surface area contributed by atoms with Gasteiger partial charge in [0.25, 0.3) is 0 Å². The van der Waals surface area contributed by atoms with E-state index in [9.17, 15) is 0 Å². The predicted molar refractivity (Wildman–Crippen MR) is 86.8 cm³/mol. The molecule has 1 aromatic carbocycles. The summed E-state index contributed by atoms with van der Waals surface area (Å²) in [7, 11) is 0. The number of hydrogen-bond acceptors (Lipinski definition) is 2. The molecular formula is C15H22BrClN2. The van der Waals surface area contributed by atoms with E-state index >= 15 is 0 Å². The van der Waals surface area contributed by atoms with Gasteiger partial charge in [-0.1, -0.05) is 25.4 Å². The highest BCUT2D eigenvalue weighted by Crippen LogP contribution is 2.41. The molecule has 0 radical (unpaired) electrons. The third-order valence-electron chi connectivity index (χ3n) is 4.28. The quantitative estimate of drug-likeness (QED) is 0.825. The maximum absolute atomic E-state index is 6.15. The minimum Gasteiger partial charge on any atom is -0.378 e. The molecular weight excluding hydrogens is 324 g/mol. The molecule has 4 heteroatoms. The summed E-state index contributed by atoms with van der Waals surface area (Å²) in [6, 6.07) is 5.98. The molecule has 2 nitrogen and oxygen atoms in total. The molecule has 0 bridgehead atoms. The highest BCUT2D eigenvalue weighted by atomic mass is 79.9. The zero-order valence-electron chi connectivity index (χ0n) is 11.6. The monoisotopic (exact) mass is 344 g/mol. The van der Waals surface area contributed by atoms with Gasteiger partial charge in [0.1, 0.15) is 0 Å². The van der Waals surface area contributed by atoms with Crippen LogP contribution >= 0.6 is 27.5 Å². The van der Waals surface area contributed by atoms with Gasteiger partial charge in [0.15, 0.2) is 0 Å². The van der Waals surface area contributed by atoms with Gasteiger partial charge in [-0.05, 0) is 65.2 Å². The zero-order valence-corrected chi connectivity index (χ0v) is 13.9. The van der Waals surface area contributed by atoms with Crippen molar-refractivity contribution in [3.63, 3.8) is 0 Å². The molecule has 1 saturated carbocycles. The zero-order chi connectivity index (χ0) is 14.1. The molecule has 106 valence electrons. The van der Waals surface area contributed by atoms with Gasteiger partial charge in [0.05, 0.1) is 5.02 Å². The van der Waals surface area contributed by atoms with Crippen LogP contribution in [0.15, 0.2) is 22.7 Å². The molecule has 19 heavy (non-hydrogen) atoms. The van der Waals surface area contributed by atoms with E-state index in [2.05, 4.69) is 35.1 Å². The lowest BCUT2D eigenvalue weighted by Gasteiger charge is -2.44. The fraction of sp³-hybridized carbons (Fsp3) is 0.600. The third kappa shape index (κ3) is 3.65. The highest BCUT2D eigenvalue weighted by molar-refractivity contribution is 9.10. The van der Waals surface area contributed by atoms with E-state index < -0.39 is 0 Å². The van der Waals surface area contributed by atoms with E-state index in [0.717, 1.165) is 28.0 Å². The molecule has 0 atom stereocenters. The first-order valence-electron chi connectivity index (χ1n) is 6.79. The summed E-state index contributed by atoms with van der Waals surface area (Å²) in [5.41, 5.74) is 7.55. The van der Waals surface area contributed by atoms with Gasteiger partial charge in [-0.15, -0.1) is 0 Å². The van der Waals surface area contributed by atoms with E-state index in [-0.39, 0.29) is 5.54 Å². The molecule has 0 heterocycles. The SMILES string of the molecule is CC1(C)CCC(CN)(Nc2ccc(Br)c(Cl)c2)CC1. The van der Waals surface area contributed by atoms with Gasteiger partial charge >= 0.3 is 0 Å². The maximum Gasteiger partial charge on any atom is 0.0568 e. The first-order chi connectivity index (χ1) is 8.86. The van der Waals surface area contributed by atoms with Crippen molar-refractivity contribution >= 4 is 33.2 Å².